The lowest BCUT2D eigenvalue weighted by atomic mass is 10.00. The summed E-state index contributed by atoms with van der Waals surface area (Å²) in [5, 5.41) is 1.65. The summed E-state index contributed by atoms with van der Waals surface area (Å²) < 4.78 is 1.67. The number of rotatable bonds is 5. The normalized spacial score (nSPS) is 13.5. The van der Waals surface area contributed by atoms with Crippen molar-refractivity contribution in [1.29, 1.82) is 0 Å². The van der Waals surface area contributed by atoms with Gasteiger partial charge < -0.3 is 4.90 Å². The van der Waals surface area contributed by atoms with E-state index in [4.69, 9.17) is 11.6 Å². The minimum Gasteiger partial charge on any atom is -0.337 e. The maximum Gasteiger partial charge on any atom is 0.262 e. The molecule has 4 rings (SSSR count). The van der Waals surface area contributed by atoms with Gasteiger partial charge in [0.2, 0.25) is 5.91 Å². The van der Waals surface area contributed by atoms with Crippen molar-refractivity contribution in [1.82, 2.24) is 14.5 Å². The van der Waals surface area contributed by atoms with Crippen LogP contribution in [0.25, 0.3) is 10.9 Å². The van der Waals surface area contributed by atoms with Crippen LogP contribution in [0.3, 0.4) is 0 Å². The Labute approximate surface area is 178 Å². The Morgan fingerprint density at radius 2 is 2.00 bits per heavy atom. The molecule has 0 saturated carbocycles. The van der Waals surface area contributed by atoms with Gasteiger partial charge in [0.05, 0.1) is 16.7 Å². The van der Waals surface area contributed by atoms with Gasteiger partial charge in [-0.25, -0.2) is 4.98 Å². The third-order valence-corrected chi connectivity index (χ3v) is 6.33. The average molecular weight is 428 g/mol. The number of nitrogens with zero attached hydrogens (tertiary/aromatic N) is 3. The molecule has 1 aliphatic heterocycles. The second-order valence-electron chi connectivity index (χ2n) is 7.14. The fourth-order valence-corrected chi connectivity index (χ4v) is 4.73. The largest absolute Gasteiger partial charge is 0.337 e. The van der Waals surface area contributed by atoms with Crippen LogP contribution in [-0.2, 0) is 24.3 Å². The van der Waals surface area contributed by atoms with Crippen molar-refractivity contribution in [3.8, 4) is 0 Å². The molecule has 0 bridgehead atoms. The number of hydrogen-bond donors (Lipinski definition) is 0. The fourth-order valence-electron chi connectivity index (χ4n) is 3.63. The van der Waals surface area contributed by atoms with Gasteiger partial charge in [0.15, 0.2) is 5.16 Å². The maximum absolute atomic E-state index is 12.9. The zero-order valence-corrected chi connectivity index (χ0v) is 17.8. The van der Waals surface area contributed by atoms with E-state index in [9.17, 15) is 9.59 Å². The molecule has 1 amide bonds. The van der Waals surface area contributed by atoms with Crippen molar-refractivity contribution < 1.29 is 4.79 Å². The summed E-state index contributed by atoms with van der Waals surface area (Å²) in [7, 11) is 0. The summed E-state index contributed by atoms with van der Waals surface area (Å²) in [5.41, 5.74) is 3.00. The van der Waals surface area contributed by atoms with Crippen LogP contribution < -0.4 is 5.56 Å². The summed E-state index contributed by atoms with van der Waals surface area (Å²) in [6.45, 7) is 3.94. The van der Waals surface area contributed by atoms with Gasteiger partial charge in [-0.15, -0.1) is 0 Å². The van der Waals surface area contributed by atoms with Crippen molar-refractivity contribution in [2.45, 2.75) is 38.0 Å². The quantitative estimate of drug-likeness (QED) is 0.453. The summed E-state index contributed by atoms with van der Waals surface area (Å²) in [4.78, 5) is 32.3. The number of hydrogen-bond acceptors (Lipinski definition) is 4. The van der Waals surface area contributed by atoms with Gasteiger partial charge in [-0.1, -0.05) is 54.6 Å². The number of amides is 1. The number of halogens is 1. The van der Waals surface area contributed by atoms with Crippen LogP contribution in [0.2, 0.25) is 5.02 Å². The van der Waals surface area contributed by atoms with E-state index in [2.05, 4.69) is 17.1 Å². The lowest BCUT2D eigenvalue weighted by Crippen LogP contribution is -2.37. The third kappa shape index (κ3) is 4.19. The Hall–Kier alpha value is -2.31. The minimum absolute atomic E-state index is 0.0630. The van der Waals surface area contributed by atoms with E-state index >= 15 is 0 Å². The van der Waals surface area contributed by atoms with Gasteiger partial charge in [0.25, 0.3) is 5.56 Å². The zero-order chi connectivity index (χ0) is 20.4. The van der Waals surface area contributed by atoms with E-state index in [1.54, 1.807) is 22.8 Å². The highest BCUT2D eigenvalue weighted by Gasteiger charge is 2.21. The van der Waals surface area contributed by atoms with Crippen molar-refractivity contribution in [2.75, 3.05) is 12.3 Å². The molecule has 0 N–H and O–H groups in total. The molecule has 150 valence electrons. The molecule has 3 aromatic rings. The van der Waals surface area contributed by atoms with Gasteiger partial charge in [-0.3, -0.25) is 14.2 Å². The molecular formula is C22H22ClN3O2S. The first-order chi connectivity index (χ1) is 14.1. The summed E-state index contributed by atoms with van der Waals surface area (Å²) in [5.74, 6) is 0.317. The molecule has 2 aromatic carbocycles. The average Bonchev–Trinajstić information content (AvgIpc) is 2.73. The maximum atomic E-state index is 12.9. The first kappa shape index (κ1) is 20.0. The molecule has 7 heteroatoms. The molecule has 0 fully saturated rings. The molecule has 0 saturated heterocycles. The molecule has 0 spiro atoms. The molecule has 0 unspecified atom stereocenters. The molecular weight excluding hydrogens is 406 g/mol. The lowest BCUT2D eigenvalue weighted by Gasteiger charge is -2.28. The predicted octanol–water partition coefficient (Wildman–Crippen LogP) is 4.14. The SMILES string of the molecule is CCCn1c(SCC(=O)N2CCc3ccccc3C2)nc2cc(Cl)ccc2c1=O. The molecule has 1 aromatic heterocycles. The topological polar surface area (TPSA) is 55.2 Å². The molecule has 0 radical (unpaired) electrons. The highest BCUT2D eigenvalue weighted by molar-refractivity contribution is 7.99. The van der Waals surface area contributed by atoms with Crippen LogP contribution in [-0.4, -0.2) is 32.7 Å². The van der Waals surface area contributed by atoms with Crippen molar-refractivity contribution in [3.63, 3.8) is 0 Å². The smallest absolute Gasteiger partial charge is 0.262 e. The lowest BCUT2D eigenvalue weighted by molar-refractivity contribution is -0.129. The number of benzene rings is 2. The Morgan fingerprint density at radius 3 is 2.79 bits per heavy atom. The van der Waals surface area contributed by atoms with Gasteiger partial charge >= 0.3 is 0 Å². The molecule has 0 aliphatic carbocycles. The van der Waals surface area contributed by atoms with E-state index in [0.717, 1.165) is 19.4 Å². The Bertz CT molecular complexity index is 1130. The van der Waals surface area contributed by atoms with Crippen molar-refractivity contribution >= 4 is 40.2 Å². The molecule has 1 aliphatic rings. The Kier molecular flexibility index (Phi) is 5.92. The number of carbonyl (C=O) groups is 1. The summed E-state index contributed by atoms with van der Waals surface area (Å²) >= 11 is 7.40. The number of fused-ring (bicyclic) bond motifs is 2. The molecule has 0 atom stereocenters. The monoisotopic (exact) mass is 427 g/mol. The van der Waals surface area contributed by atoms with E-state index in [-0.39, 0.29) is 17.2 Å². The van der Waals surface area contributed by atoms with Crippen molar-refractivity contribution in [3.05, 3.63) is 69.0 Å². The van der Waals surface area contributed by atoms with Crippen LogP contribution in [0.1, 0.15) is 24.5 Å². The van der Waals surface area contributed by atoms with E-state index in [1.165, 1.54) is 22.9 Å². The van der Waals surface area contributed by atoms with Crippen LogP contribution in [0.5, 0.6) is 0 Å². The standard InChI is InChI=1S/C22H22ClN3O2S/c1-2-10-26-21(28)18-8-7-17(23)12-19(18)24-22(26)29-14-20(27)25-11-9-15-5-3-4-6-16(15)13-25/h3-8,12H,2,9-11,13-14H2,1H3. The zero-order valence-electron chi connectivity index (χ0n) is 16.2. The van der Waals surface area contributed by atoms with E-state index in [0.29, 0.717) is 34.2 Å². The van der Waals surface area contributed by atoms with E-state index in [1.807, 2.05) is 24.0 Å². The van der Waals surface area contributed by atoms with Crippen LogP contribution in [0, 0.1) is 0 Å². The summed E-state index contributed by atoms with van der Waals surface area (Å²) in [6.07, 6.45) is 1.69. The van der Waals surface area contributed by atoms with Crippen LogP contribution >= 0.6 is 23.4 Å². The predicted molar refractivity (Wildman–Crippen MR) is 118 cm³/mol. The molecule has 5 nitrogen and oxygen atoms in total. The van der Waals surface area contributed by atoms with E-state index < -0.39 is 0 Å². The third-order valence-electron chi connectivity index (χ3n) is 5.14. The minimum atomic E-state index is -0.0876. The van der Waals surface area contributed by atoms with Gasteiger partial charge in [0.1, 0.15) is 0 Å². The number of thioether (sulfide) groups is 1. The summed E-state index contributed by atoms with van der Waals surface area (Å²) in [6, 6.07) is 13.4. The second kappa shape index (κ2) is 8.59. The molecule has 29 heavy (non-hydrogen) atoms. The first-order valence-corrected chi connectivity index (χ1v) is 11.1. The van der Waals surface area contributed by atoms with Crippen LogP contribution in [0.4, 0.5) is 0 Å². The number of carbonyl (C=O) groups excluding carboxylic acids is 1. The highest BCUT2D eigenvalue weighted by Crippen LogP contribution is 2.23. The Morgan fingerprint density at radius 1 is 1.21 bits per heavy atom. The highest BCUT2D eigenvalue weighted by atomic mass is 35.5. The van der Waals surface area contributed by atoms with Crippen LogP contribution in [0.15, 0.2) is 52.4 Å². The Balaban J connectivity index is 1.55. The fraction of sp³-hybridized carbons (Fsp3) is 0.318. The molecule has 2 heterocycles. The van der Waals surface area contributed by atoms with Gasteiger partial charge in [-0.2, -0.15) is 0 Å². The van der Waals surface area contributed by atoms with Gasteiger partial charge in [0, 0.05) is 24.7 Å². The second-order valence-corrected chi connectivity index (χ2v) is 8.51. The van der Waals surface area contributed by atoms with Crippen molar-refractivity contribution in [2.24, 2.45) is 0 Å². The van der Waals surface area contributed by atoms with Gasteiger partial charge in [-0.05, 0) is 42.2 Å². The first-order valence-electron chi connectivity index (χ1n) is 9.74. The number of aromatic nitrogens is 2.